The summed E-state index contributed by atoms with van der Waals surface area (Å²) >= 11 is 0. The number of hydrogen-bond donors (Lipinski definition) is 4. The van der Waals surface area contributed by atoms with E-state index in [9.17, 15) is 25.9 Å². The average molecular weight is 1500 g/mol. The minimum atomic E-state index is -4.74. The number of benzene rings is 10. The minimum absolute atomic E-state index is 0. The molecule has 0 radical (unpaired) electrons. The predicted molar refractivity (Wildman–Crippen MR) is 377 cm³/mol. The van der Waals surface area contributed by atoms with Crippen LogP contribution in [-0.4, -0.2) is 83.6 Å². The Morgan fingerprint density at radius 2 is 0.598 bits per heavy atom. The Morgan fingerprint density at radius 1 is 0.324 bits per heavy atom. The average Bonchev–Trinajstić information content (AvgIpc) is 0.749. The Labute approximate surface area is 660 Å². The van der Waals surface area contributed by atoms with Crippen molar-refractivity contribution in [3.05, 3.63) is 249 Å². The van der Waals surface area contributed by atoms with Crippen LogP contribution in [-0.2, 0) is 50.6 Å². The summed E-state index contributed by atoms with van der Waals surface area (Å²) < 4.78 is 169. The summed E-state index contributed by atoms with van der Waals surface area (Å²) in [4.78, 5) is 6.49. The maximum Gasteiger partial charge on any atom is 1.00 e. The van der Waals surface area contributed by atoms with E-state index in [1.807, 2.05) is 97.1 Å². The molecule has 0 saturated carbocycles. The monoisotopic (exact) mass is 1500 g/mol. The first-order valence-electron chi connectivity index (χ1n) is 30.0. The van der Waals surface area contributed by atoms with Crippen molar-refractivity contribution >= 4 is 107 Å². The van der Waals surface area contributed by atoms with Crippen LogP contribution < -0.4 is 120 Å². The van der Waals surface area contributed by atoms with Gasteiger partial charge in [-0.3, -0.25) is 0 Å². The van der Waals surface area contributed by atoms with Crippen LogP contribution >= 0.6 is 0 Å². The van der Waals surface area contributed by atoms with Crippen LogP contribution in [0.2, 0.25) is 0 Å². The molecule has 0 fully saturated rings. The molecule has 4 aliphatic rings. The van der Waals surface area contributed by atoms with Crippen molar-refractivity contribution in [2.75, 3.05) is 29.4 Å². The van der Waals surface area contributed by atoms with Crippen LogP contribution in [0.4, 0.5) is 34.1 Å². The zero-order valence-electron chi connectivity index (χ0n) is 58.5. The van der Waals surface area contributed by atoms with Gasteiger partial charge in [0.25, 0.3) is 0 Å². The fraction of sp³-hybridized carbons (Fsp3) is 0.151. The van der Waals surface area contributed by atoms with Gasteiger partial charge in [-0.25, -0.2) is 52.1 Å². The van der Waals surface area contributed by atoms with Gasteiger partial charge in [0.15, 0.2) is 0 Å². The number of fused-ring (bicyclic) bond motifs is 4. The van der Waals surface area contributed by atoms with Crippen LogP contribution in [0.15, 0.2) is 213 Å². The van der Waals surface area contributed by atoms with Crippen molar-refractivity contribution in [2.45, 2.75) is 65.2 Å². The van der Waals surface area contributed by atoms with Crippen LogP contribution in [0.3, 0.4) is 0 Å². The molecule has 2 heterocycles. The first kappa shape index (κ1) is 85.9. The number of para-hydroxylation sites is 4. The number of aryl methyl sites for hydroxylation is 8. The van der Waals surface area contributed by atoms with E-state index in [1.165, 1.54) is 12.1 Å². The van der Waals surface area contributed by atoms with E-state index < -0.39 is 50.6 Å². The van der Waals surface area contributed by atoms with Gasteiger partial charge < -0.3 is 42.2 Å². The molecule has 516 valence electrons. The molecular formula is C73H69N4Na3O17S5. The van der Waals surface area contributed by atoms with Gasteiger partial charge in [0.05, 0.1) is 52.3 Å². The standard InChI is InChI=1S/2C35H30N2O4S.3CH4O3S.3Na/c2*1-21-9-7-10-22(2)34(21)36-25-15-17-27-30(19-25)41-31-20-26(37-35-23(3)11-8-12-24(35)4)16-18-28(31)33(27)29-13-5-6-14-32(29)42(38,39)40;3*1-5(2,3)4;;;/h2*5-20,36H,1-4H3,(H,38,39,40);3*1H3,(H,2,3,4);;;/q;;;;;3*+1/p-3. The van der Waals surface area contributed by atoms with Crippen LogP contribution in [0.1, 0.15) is 44.5 Å². The second-order valence-electron chi connectivity index (χ2n) is 23.4. The number of hydrogen-bond acceptors (Lipinski definition) is 19. The SMILES string of the molecule is CS(=O)(=O)[O-].CS(=O)(=O)[O-].CS(=O)(=O)[O-].Cc1cccc(C)c1Nc1ccc2c(-c3ccccc3S(=O)(=O)[O-])c3ccc(=[NH+]c4c(C)cccc4C)cc-3oc2c1.Cc1cccc(C)c1Nc1ccc2c(-c3ccccc3S(=O)(=O)[O-])c3ccc(=[NH+]c4c(C)cccc4C)cc-3oc2c1.[Na+].[Na+].[Na+]. The second-order valence-corrected chi connectivity index (χ2v) is 30.3. The minimum Gasteiger partial charge on any atom is -0.748 e. The van der Waals surface area contributed by atoms with Gasteiger partial charge in [-0.1, -0.05) is 109 Å². The summed E-state index contributed by atoms with van der Waals surface area (Å²) in [7, 11) is -21.2. The molecule has 102 heavy (non-hydrogen) atoms. The molecule has 0 atom stereocenters. The van der Waals surface area contributed by atoms with E-state index in [0.717, 1.165) is 89.3 Å². The summed E-state index contributed by atoms with van der Waals surface area (Å²) in [5, 5.41) is 10.1. The second kappa shape index (κ2) is 35.9. The summed E-state index contributed by atoms with van der Waals surface area (Å²) in [6.07, 6.45) is 1.81. The Hall–Kier alpha value is -6.71. The number of anilines is 4. The molecule has 21 nitrogen and oxygen atoms in total. The van der Waals surface area contributed by atoms with Gasteiger partial charge in [0.2, 0.25) is 22.1 Å². The quantitative estimate of drug-likeness (QED) is 0.0851. The van der Waals surface area contributed by atoms with Gasteiger partial charge in [-0.15, -0.1) is 0 Å². The third kappa shape index (κ3) is 23.7. The van der Waals surface area contributed by atoms with Crippen LogP contribution in [0.5, 0.6) is 0 Å². The van der Waals surface area contributed by atoms with Gasteiger partial charge >= 0.3 is 88.7 Å². The van der Waals surface area contributed by atoms with E-state index in [2.05, 4.69) is 125 Å². The van der Waals surface area contributed by atoms with Crippen molar-refractivity contribution in [3.63, 3.8) is 0 Å². The van der Waals surface area contributed by atoms with Crippen molar-refractivity contribution < 1.29 is 172 Å². The molecule has 0 amide bonds. The molecule has 0 saturated heterocycles. The molecule has 8 aromatic carbocycles. The molecule has 0 bridgehead atoms. The molecule has 0 spiro atoms. The molecule has 8 aromatic rings. The fourth-order valence-electron chi connectivity index (χ4n) is 11.1. The molecule has 4 N–H and O–H groups in total. The van der Waals surface area contributed by atoms with Gasteiger partial charge in [0, 0.05) is 132 Å². The maximum absolute atomic E-state index is 12.3. The van der Waals surface area contributed by atoms with E-state index in [0.29, 0.717) is 85.6 Å². The largest absolute Gasteiger partial charge is 1.00 e. The summed E-state index contributed by atoms with van der Waals surface area (Å²) in [5.74, 6) is 1.10. The van der Waals surface area contributed by atoms with E-state index >= 15 is 0 Å². The van der Waals surface area contributed by atoms with Crippen LogP contribution in [0.25, 0.3) is 66.8 Å². The zero-order valence-corrected chi connectivity index (χ0v) is 68.5. The smallest absolute Gasteiger partial charge is 0.748 e. The molecular weight excluding hydrogens is 1430 g/mol. The van der Waals surface area contributed by atoms with Crippen molar-refractivity contribution in [2.24, 2.45) is 0 Å². The van der Waals surface area contributed by atoms with Gasteiger partial charge in [0.1, 0.15) is 42.9 Å². The van der Waals surface area contributed by atoms with Crippen molar-refractivity contribution in [1.82, 2.24) is 0 Å². The first-order chi connectivity index (χ1) is 46.2. The Balaban J connectivity index is 0.000000299. The number of nitrogens with one attached hydrogen (secondary N) is 4. The van der Waals surface area contributed by atoms with E-state index in [1.54, 1.807) is 36.4 Å². The summed E-state index contributed by atoms with van der Waals surface area (Å²) in [6, 6.07) is 60.1. The normalized spacial score (nSPS) is 11.8. The third-order valence-electron chi connectivity index (χ3n) is 15.3. The van der Waals surface area contributed by atoms with Crippen molar-refractivity contribution in [3.8, 4) is 44.9 Å². The topological polar surface area (TPSA) is 364 Å². The van der Waals surface area contributed by atoms with Gasteiger partial charge in [-0.2, -0.15) is 0 Å². The van der Waals surface area contributed by atoms with E-state index in [4.69, 9.17) is 47.7 Å². The predicted octanol–water partition coefficient (Wildman–Crippen LogP) is 1.29. The Bertz CT molecular complexity index is 5290. The van der Waals surface area contributed by atoms with Crippen molar-refractivity contribution in [1.29, 1.82) is 0 Å². The zero-order chi connectivity index (χ0) is 72.7. The molecule has 12 rings (SSSR count). The first-order valence-corrected chi connectivity index (χ1v) is 38.3. The van der Waals surface area contributed by atoms with E-state index in [-0.39, 0.29) is 98.5 Å². The summed E-state index contributed by atoms with van der Waals surface area (Å²) in [6.45, 7) is 16.4. The molecule has 2 aliphatic carbocycles. The third-order valence-corrected chi connectivity index (χ3v) is 17.1. The summed E-state index contributed by atoms with van der Waals surface area (Å²) in [5.41, 5.74) is 19.0. The molecule has 29 heteroatoms. The van der Waals surface area contributed by atoms with Crippen LogP contribution in [0, 0.1) is 55.4 Å². The Morgan fingerprint density at radius 3 is 0.882 bits per heavy atom. The fourth-order valence-corrected chi connectivity index (χ4v) is 12.4. The molecule has 0 unspecified atom stereocenters. The molecule has 0 aromatic heterocycles. The Kier molecular flexibility index (Phi) is 30.2. The number of rotatable bonds is 10. The maximum atomic E-state index is 12.3. The molecule has 2 aliphatic heterocycles. The van der Waals surface area contributed by atoms with Gasteiger partial charge in [-0.05, 0) is 126 Å².